The van der Waals surface area contributed by atoms with Crippen molar-refractivity contribution in [1.82, 2.24) is 15.1 Å². The van der Waals surface area contributed by atoms with E-state index in [1.165, 1.54) is 12.1 Å². The zero-order valence-electron chi connectivity index (χ0n) is 16.2. The monoisotopic (exact) mass is 376 g/mol. The van der Waals surface area contributed by atoms with Crippen LogP contribution in [-0.2, 0) is 4.79 Å². The van der Waals surface area contributed by atoms with E-state index in [2.05, 4.69) is 10.2 Å². The number of piperidine rings is 1. The molecule has 2 heterocycles. The molecule has 6 nitrogen and oxygen atoms in total. The van der Waals surface area contributed by atoms with Gasteiger partial charge in [-0.1, -0.05) is 0 Å². The van der Waals surface area contributed by atoms with Crippen LogP contribution in [0.1, 0.15) is 19.3 Å². The molecule has 2 aliphatic heterocycles. The van der Waals surface area contributed by atoms with Crippen LogP contribution in [0.15, 0.2) is 24.3 Å². The van der Waals surface area contributed by atoms with Gasteiger partial charge in [0, 0.05) is 58.4 Å². The molecule has 2 aliphatic rings. The average molecular weight is 376 g/mol. The van der Waals surface area contributed by atoms with Crippen molar-refractivity contribution in [2.75, 3.05) is 51.7 Å². The second-order valence-corrected chi connectivity index (χ2v) is 7.76. The molecule has 2 saturated heterocycles. The average Bonchev–Trinajstić information content (AvgIpc) is 3.15. The third-order valence-electron chi connectivity index (χ3n) is 5.56. The normalized spacial score (nSPS) is 20.6. The molecule has 0 spiro atoms. The first-order valence-electron chi connectivity index (χ1n) is 9.68. The zero-order chi connectivity index (χ0) is 19.4. The van der Waals surface area contributed by atoms with Crippen LogP contribution < -0.4 is 10.2 Å². The molecule has 3 rings (SSSR count). The van der Waals surface area contributed by atoms with E-state index >= 15 is 0 Å². The quantitative estimate of drug-likeness (QED) is 0.876. The van der Waals surface area contributed by atoms with E-state index in [1.807, 2.05) is 0 Å². The van der Waals surface area contributed by atoms with Gasteiger partial charge in [0.15, 0.2) is 0 Å². The van der Waals surface area contributed by atoms with Crippen LogP contribution in [0.25, 0.3) is 0 Å². The van der Waals surface area contributed by atoms with Gasteiger partial charge in [-0.15, -0.1) is 0 Å². The molecular weight excluding hydrogens is 347 g/mol. The number of urea groups is 1. The minimum Gasteiger partial charge on any atom is -0.371 e. The number of likely N-dealkylation sites (tertiary alicyclic amines) is 1. The maximum Gasteiger partial charge on any atom is 0.319 e. The number of anilines is 1. The van der Waals surface area contributed by atoms with Gasteiger partial charge >= 0.3 is 6.03 Å². The highest BCUT2D eigenvalue weighted by molar-refractivity contribution is 5.79. The summed E-state index contributed by atoms with van der Waals surface area (Å²) >= 11 is 0. The molecule has 0 aliphatic carbocycles. The topological polar surface area (TPSA) is 55.9 Å². The largest absolute Gasteiger partial charge is 0.371 e. The van der Waals surface area contributed by atoms with Crippen LogP contribution in [0.5, 0.6) is 0 Å². The van der Waals surface area contributed by atoms with Gasteiger partial charge in [-0.05, 0) is 49.4 Å². The number of carbonyl (C=O) groups excluding carboxylic acids is 2. The molecule has 27 heavy (non-hydrogen) atoms. The van der Waals surface area contributed by atoms with Crippen LogP contribution in [0.3, 0.4) is 0 Å². The number of nitrogens with one attached hydrogen (secondary N) is 1. The summed E-state index contributed by atoms with van der Waals surface area (Å²) in [4.78, 5) is 30.1. The Morgan fingerprint density at radius 1 is 1.11 bits per heavy atom. The Kier molecular flexibility index (Phi) is 6.19. The Bertz CT molecular complexity index is 656. The maximum atomic E-state index is 13.1. The summed E-state index contributed by atoms with van der Waals surface area (Å²) in [7, 11) is 3.50. The lowest BCUT2D eigenvalue weighted by molar-refractivity contribution is -0.126. The van der Waals surface area contributed by atoms with E-state index in [0.29, 0.717) is 25.6 Å². The van der Waals surface area contributed by atoms with Crippen molar-refractivity contribution in [2.45, 2.75) is 19.3 Å². The molecule has 2 fully saturated rings. The first-order chi connectivity index (χ1) is 12.9. The van der Waals surface area contributed by atoms with E-state index in [1.54, 1.807) is 36.0 Å². The number of halogens is 1. The van der Waals surface area contributed by atoms with Gasteiger partial charge < -0.3 is 20.0 Å². The lowest BCUT2D eigenvalue weighted by Gasteiger charge is -2.33. The van der Waals surface area contributed by atoms with Gasteiger partial charge in [0.1, 0.15) is 5.82 Å². The minimum atomic E-state index is -0.222. The molecule has 0 aromatic heterocycles. The Labute approximate surface area is 160 Å². The predicted octanol–water partition coefficient (Wildman–Crippen LogP) is 2.16. The van der Waals surface area contributed by atoms with E-state index in [0.717, 1.165) is 38.0 Å². The summed E-state index contributed by atoms with van der Waals surface area (Å²) in [5.74, 6) is 0.285. The summed E-state index contributed by atoms with van der Waals surface area (Å²) in [6.45, 7) is 3.75. The second-order valence-electron chi connectivity index (χ2n) is 7.76. The second kappa shape index (κ2) is 8.59. The van der Waals surface area contributed by atoms with Gasteiger partial charge in [0.25, 0.3) is 0 Å². The Balaban J connectivity index is 1.40. The lowest BCUT2D eigenvalue weighted by atomic mass is 9.95. The molecule has 7 heteroatoms. The summed E-state index contributed by atoms with van der Waals surface area (Å²) in [6.07, 6.45) is 2.46. The first kappa shape index (κ1) is 19.5. The summed E-state index contributed by atoms with van der Waals surface area (Å²) in [5.41, 5.74) is 1.03. The van der Waals surface area contributed by atoms with E-state index in [4.69, 9.17) is 0 Å². The molecule has 0 saturated carbocycles. The van der Waals surface area contributed by atoms with E-state index < -0.39 is 0 Å². The van der Waals surface area contributed by atoms with Gasteiger partial charge in [-0.25, -0.2) is 9.18 Å². The van der Waals surface area contributed by atoms with Crippen molar-refractivity contribution in [2.24, 2.45) is 11.8 Å². The fourth-order valence-corrected chi connectivity index (χ4v) is 3.89. The van der Waals surface area contributed by atoms with Crippen LogP contribution >= 0.6 is 0 Å². The summed E-state index contributed by atoms with van der Waals surface area (Å²) in [6, 6.07) is 6.59. The van der Waals surface area contributed by atoms with Crippen LogP contribution in [0.4, 0.5) is 14.9 Å². The molecule has 1 unspecified atom stereocenters. The molecule has 148 valence electrons. The van der Waals surface area contributed by atoms with Crippen molar-refractivity contribution in [1.29, 1.82) is 0 Å². The molecule has 3 amide bonds. The van der Waals surface area contributed by atoms with Crippen LogP contribution in [0, 0.1) is 17.7 Å². The van der Waals surface area contributed by atoms with Crippen LogP contribution in [-0.4, -0.2) is 68.6 Å². The number of benzene rings is 1. The van der Waals surface area contributed by atoms with Gasteiger partial charge in [0.2, 0.25) is 5.91 Å². The molecule has 1 atom stereocenters. The molecule has 1 aromatic rings. The van der Waals surface area contributed by atoms with Gasteiger partial charge in [-0.3, -0.25) is 4.79 Å². The van der Waals surface area contributed by atoms with Crippen molar-refractivity contribution in [3.05, 3.63) is 30.1 Å². The number of rotatable bonds is 4. The maximum absolute atomic E-state index is 13.1. The molecule has 0 radical (unpaired) electrons. The van der Waals surface area contributed by atoms with Crippen molar-refractivity contribution in [3.63, 3.8) is 0 Å². The number of carbonyl (C=O) groups is 2. The van der Waals surface area contributed by atoms with E-state index in [-0.39, 0.29) is 23.7 Å². The lowest BCUT2D eigenvalue weighted by Crippen LogP contribution is -2.46. The van der Waals surface area contributed by atoms with Crippen LogP contribution in [0.2, 0.25) is 0 Å². The summed E-state index contributed by atoms with van der Waals surface area (Å²) in [5, 5.41) is 3.10. The van der Waals surface area contributed by atoms with Crippen molar-refractivity contribution >= 4 is 17.6 Å². The molecule has 1 aromatic carbocycles. The highest BCUT2D eigenvalue weighted by Gasteiger charge is 2.29. The van der Waals surface area contributed by atoms with Gasteiger partial charge in [0.05, 0.1) is 0 Å². The highest BCUT2D eigenvalue weighted by Crippen LogP contribution is 2.24. The predicted molar refractivity (Wildman–Crippen MR) is 103 cm³/mol. The summed E-state index contributed by atoms with van der Waals surface area (Å²) < 4.78 is 13.1. The number of nitrogens with zero attached hydrogens (tertiary/aromatic N) is 3. The number of amides is 3. The van der Waals surface area contributed by atoms with Crippen molar-refractivity contribution < 1.29 is 14.0 Å². The van der Waals surface area contributed by atoms with Crippen molar-refractivity contribution in [3.8, 4) is 0 Å². The Hall–Kier alpha value is -2.31. The van der Waals surface area contributed by atoms with E-state index in [9.17, 15) is 14.0 Å². The first-order valence-corrected chi connectivity index (χ1v) is 9.68. The third kappa shape index (κ3) is 4.90. The minimum absolute atomic E-state index is 0.00850. The fraction of sp³-hybridized carbons (Fsp3) is 0.600. The van der Waals surface area contributed by atoms with Gasteiger partial charge in [-0.2, -0.15) is 0 Å². The molecular formula is C20H29FN4O2. The number of hydrogen-bond donors (Lipinski definition) is 1. The zero-order valence-corrected chi connectivity index (χ0v) is 16.2. The Morgan fingerprint density at radius 3 is 2.41 bits per heavy atom. The molecule has 0 bridgehead atoms. The molecule has 1 N–H and O–H groups in total. The SMILES string of the molecule is CN(C)C(=O)N1CCC(C(=O)NCC2CCN(c3ccc(F)cc3)C2)CC1. The fourth-order valence-electron chi connectivity index (χ4n) is 3.89. The standard InChI is InChI=1S/C20H29FN4O2/c1-23(2)20(27)24-11-8-16(9-12-24)19(26)22-13-15-7-10-25(14-15)18-5-3-17(21)4-6-18/h3-6,15-16H,7-14H2,1-2H3,(H,22,26). The number of hydrogen-bond acceptors (Lipinski definition) is 3. The smallest absolute Gasteiger partial charge is 0.319 e. The Morgan fingerprint density at radius 2 is 1.78 bits per heavy atom. The third-order valence-corrected chi connectivity index (χ3v) is 5.56. The highest BCUT2D eigenvalue weighted by atomic mass is 19.1.